The third kappa shape index (κ3) is 1.15. The molecule has 10 heavy (non-hydrogen) atoms. The molecule has 1 aromatic heterocycles. The van der Waals surface area contributed by atoms with Crippen molar-refractivity contribution >= 4 is 6.21 Å². The fraction of sp³-hybridized carbons (Fsp3) is 0.333. The summed E-state index contributed by atoms with van der Waals surface area (Å²) in [6, 6.07) is 0. The van der Waals surface area contributed by atoms with Crippen LogP contribution in [0.1, 0.15) is 12.6 Å². The highest BCUT2D eigenvalue weighted by molar-refractivity contribution is 5.76. The van der Waals surface area contributed by atoms with Crippen LogP contribution < -0.4 is 0 Å². The lowest BCUT2D eigenvalue weighted by atomic mass is 10.5. The number of aryl methyl sites for hydroxylation is 1. The van der Waals surface area contributed by atoms with Crippen molar-refractivity contribution in [3.63, 3.8) is 0 Å². The fourth-order valence-corrected chi connectivity index (χ4v) is 0.762. The van der Waals surface area contributed by atoms with Crippen LogP contribution in [0.5, 0.6) is 0 Å². The molecule has 0 unspecified atom stereocenters. The minimum atomic E-state index is 0.810. The topological polar surface area (TPSA) is 50.4 Å². The van der Waals surface area contributed by atoms with Crippen LogP contribution in [0.3, 0.4) is 0 Å². The molecule has 0 atom stereocenters. The molecule has 0 fully saturated rings. The molecule has 0 saturated heterocycles. The van der Waals surface area contributed by atoms with Gasteiger partial charge in [-0.3, -0.25) is 0 Å². The van der Waals surface area contributed by atoms with Crippen LogP contribution in [0.2, 0.25) is 0 Å². The summed E-state index contributed by atoms with van der Waals surface area (Å²) in [5.74, 6) is 0. The van der Waals surface area contributed by atoms with Crippen LogP contribution >= 0.6 is 0 Å². The summed E-state index contributed by atoms with van der Waals surface area (Å²) in [5.41, 5.74) is 0.810. The summed E-state index contributed by atoms with van der Waals surface area (Å²) in [7, 11) is 0. The fourth-order valence-electron chi connectivity index (χ4n) is 0.762. The van der Waals surface area contributed by atoms with E-state index >= 15 is 0 Å². The van der Waals surface area contributed by atoms with Crippen molar-refractivity contribution in [2.45, 2.75) is 13.5 Å². The highest BCUT2D eigenvalue weighted by Gasteiger charge is 1.93. The van der Waals surface area contributed by atoms with Crippen LogP contribution in [0.25, 0.3) is 0 Å². The number of imidazole rings is 1. The van der Waals surface area contributed by atoms with Gasteiger partial charge in [-0.2, -0.15) is 0 Å². The minimum absolute atomic E-state index is 0.810. The number of rotatable bonds is 2. The van der Waals surface area contributed by atoms with E-state index in [-0.39, 0.29) is 0 Å². The first-order chi connectivity index (χ1) is 4.88. The van der Waals surface area contributed by atoms with Gasteiger partial charge in [-0.05, 0) is 6.92 Å². The van der Waals surface area contributed by atoms with Gasteiger partial charge in [0.05, 0.1) is 24.4 Å². The van der Waals surface area contributed by atoms with Crippen molar-refractivity contribution in [1.29, 1.82) is 0 Å². The summed E-state index contributed by atoms with van der Waals surface area (Å²) in [5, 5.41) is 11.1. The molecule has 1 N–H and O–H groups in total. The predicted octanol–water partition coefficient (Wildman–Crippen LogP) is 0.711. The second-order valence-electron chi connectivity index (χ2n) is 1.85. The zero-order valence-corrected chi connectivity index (χ0v) is 5.73. The monoisotopic (exact) mass is 139 g/mol. The molecule has 4 heteroatoms. The Hall–Kier alpha value is -1.32. The second kappa shape index (κ2) is 3.00. The van der Waals surface area contributed by atoms with E-state index in [0.717, 1.165) is 12.2 Å². The molecular formula is C6H9N3O. The van der Waals surface area contributed by atoms with Crippen LogP contribution in [-0.4, -0.2) is 21.0 Å². The Bertz CT molecular complexity index is 229. The van der Waals surface area contributed by atoms with E-state index in [4.69, 9.17) is 5.21 Å². The Labute approximate surface area is 58.8 Å². The first kappa shape index (κ1) is 6.80. The smallest absolute Gasteiger partial charge is 0.0951 e. The molecule has 0 spiro atoms. The maximum absolute atomic E-state index is 8.19. The first-order valence-corrected chi connectivity index (χ1v) is 3.06. The van der Waals surface area contributed by atoms with Crippen LogP contribution in [-0.2, 0) is 6.54 Å². The lowest BCUT2D eigenvalue weighted by molar-refractivity contribution is 0.321. The molecular weight excluding hydrogens is 130 g/mol. The first-order valence-electron chi connectivity index (χ1n) is 3.06. The molecule has 0 aliphatic rings. The van der Waals surface area contributed by atoms with Gasteiger partial charge >= 0.3 is 0 Å². The molecule has 1 rings (SSSR count). The summed E-state index contributed by atoms with van der Waals surface area (Å²) < 4.78 is 1.87. The highest BCUT2D eigenvalue weighted by atomic mass is 16.4. The number of aromatic nitrogens is 2. The molecule has 0 aliphatic heterocycles. The largest absolute Gasteiger partial charge is 0.411 e. The van der Waals surface area contributed by atoms with Crippen molar-refractivity contribution in [1.82, 2.24) is 9.55 Å². The standard InChI is InChI=1S/C6H9N3O/c1-2-9-5-7-3-6(9)4-8-10/h3-5,10H,2H2,1H3. The molecule has 0 amide bonds. The third-order valence-electron chi connectivity index (χ3n) is 1.28. The van der Waals surface area contributed by atoms with E-state index in [2.05, 4.69) is 10.1 Å². The van der Waals surface area contributed by atoms with Gasteiger partial charge in [0, 0.05) is 6.54 Å². The van der Waals surface area contributed by atoms with Crippen LogP contribution in [0.4, 0.5) is 0 Å². The summed E-state index contributed by atoms with van der Waals surface area (Å²) in [6.45, 7) is 2.83. The van der Waals surface area contributed by atoms with Crippen molar-refractivity contribution in [3.05, 3.63) is 18.2 Å². The van der Waals surface area contributed by atoms with Crippen molar-refractivity contribution < 1.29 is 5.21 Å². The molecule has 0 aliphatic carbocycles. The van der Waals surface area contributed by atoms with E-state index in [0.29, 0.717) is 0 Å². The Morgan fingerprint density at radius 3 is 3.30 bits per heavy atom. The van der Waals surface area contributed by atoms with Gasteiger partial charge in [-0.15, -0.1) is 0 Å². The molecule has 1 aromatic rings. The molecule has 0 aromatic carbocycles. The van der Waals surface area contributed by atoms with Gasteiger partial charge in [0.25, 0.3) is 0 Å². The Balaban J connectivity index is 2.90. The summed E-state index contributed by atoms with van der Waals surface area (Å²) in [4.78, 5) is 3.87. The lowest BCUT2D eigenvalue weighted by Crippen LogP contribution is -1.97. The SMILES string of the molecule is CCn1cncc1C=NO. The zero-order chi connectivity index (χ0) is 7.40. The molecule has 0 radical (unpaired) electrons. The van der Waals surface area contributed by atoms with Crippen molar-refractivity contribution in [3.8, 4) is 0 Å². The lowest BCUT2D eigenvalue weighted by Gasteiger charge is -1.96. The molecule has 0 saturated carbocycles. The van der Waals surface area contributed by atoms with Crippen LogP contribution in [0.15, 0.2) is 17.7 Å². The van der Waals surface area contributed by atoms with E-state index in [1.54, 1.807) is 12.5 Å². The second-order valence-corrected chi connectivity index (χ2v) is 1.85. The molecule has 54 valence electrons. The van der Waals surface area contributed by atoms with Gasteiger partial charge in [0.2, 0.25) is 0 Å². The van der Waals surface area contributed by atoms with Gasteiger partial charge in [0.15, 0.2) is 0 Å². The molecule has 4 nitrogen and oxygen atoms in total. The highest BCUT2D eigenvalue weighted by Crippen LogP contribution is 1.93. The van der Waals surface area contributed by atoms with Gasteiger partial charge in [0.1, 0.15) is 0 Å². The number of oxime groups is 1. The Kier molecular flexibility index (Phi) is 2.04. The van der Waals surface area contributed by atoms with E-state index < -0.39 is 0 Å². The Morgan fingerprint density at radius 2 is 2.70 bits per heavy atom. The van der Waals surface area contributed by atoms with Crippen molar-refractivity contribution in [2.75, 3.05) is 0 Å². The normalized spacial score (nSPS) is 10.9. The third-order valence-corrected chi connectivity index (χ3v) is 1.28. The molecule has 0 bridgehead atoms. The van der Waals surface area contributed by atoms with Crippen molar-refractivity contribution in [2.24, 2.45) is 5.16 Å². The summed E-state index contributed by atoms with van der Waals surface area (Å²) in [6.07, 6.45) is 4.69. The number of nitrogens with zero attached hydrogens (tertiary/aromatic N) is 3. The average Bonchev–Trinajstić information content (AvgIpc) is 2.36. The quantitative estimate of drug-likeness (QED) is 0.372. The maximum Gasteiger partial charge on any atom is 0.0951 e. The number of hydrogen-bond acceptors (Lipinski definition) is 3. The molecule has 1 heterocycles. The minimum Gasteiger partial charge on any atom is -0.411 e. The predicted molar refractivity (Wildman–Crippen MR) is 37.3 cm³/mol. The van der Waals surface area contributed by atoms with Gasteiger partial charge < -0.3 is 9.77 Å². The summed E-state index contributed by atoms with van der Waals surface area (Å²) >= 11 is 0. The maximum atomic E-state index is 8.19. The van der Waals surface area contributed by atoms with Gasteiger partial charge in [-0.25, -0.2) is 4.98 Å². The van der Waals surface area contributed by atoms with E-state index in [9.17, 15) is 0 Å². The van der Waals surface area contributed by atoms with E-state index in [1.807, 2.05) is 11.5 Å². The van der Waals surface area contributed by atoms with Crippen LogP contribution in [0, 0.1) is 0 Å². The number of hydrogen-bond donors (Lipinski definition) is 1. The Morgan fingerprint density at radius 1 is 1.90 bits per heavy atom. The van der Waals surface area contributed by atoms with E-state index in [1.165, 1.54) is 6.21 Å². The zero-order valence-electron chi connectivity index (χ0n) is 5.73. The average molecular weight is 139 g/mol. The van der Waals surface area contributed by atoms with Gasteiger partial charge in [-0.1, -0.05) is 5.16 Å².